The van der Waals surface area contributed by atoms with Crippen molar-refractivity contribution < 1.29 is 34.2 Å². The number of likely N-dealkylation sites (tertiary alicyclic amines) is 1. The number of nitrogens with one attached hydrogen (secondary N) is 2. The minimum atomic E-state index is -1.45. The molecule has 30 heavy (non-hydrogen) atoms. The van der Waals surface area contributed by atoms with Crippen molar-refractivity contribution in [2.45, 2.75) is 63.7 Å². The number of hydrogen-bond acceptors (Lipinski definition) is 7. The average molecular weight is 447 g/mol. The first-order chi connectivity index (χ1) is 14.0. The molecule has 6 N–H and O–H groups in total. The molecule has 11 nitrogen and oxygen atoms in total. The molecule has 0 saturated carbocycles. The number of nitrogens with zero attached hydrogens (tertiary/aromatic N) is 1. The van der Waals surface area contributed by atoms with E-state index >= 15 is 0 Å². The van der Waals surface area contributed by atoms with E-state index in [0.717, 1.165) is 4.90 Å². The molecule has 3 amide bonds. The number of thiol groups is 1. The first-order valence-electron chi connectivity index (χ1n) is 9.75. The van der Waals surface area contributed by atoms with Gasteiger partial charge in [-0.05, 0) is 18.8 Å². The highest BCUT2D eigenvalue weighted by Gasteiger charge is 2.38. The molecule has 0 radical (unpaired) electrons. The monoisotopic (exact) mass is 446 g/mol. The zero-order chi connectivity index (χ0) is 23.0. The van der Waals surface area contributed by atoms with Crippen LogP contribution in [0, 0.1) is 5.92 Å². The molecule has 0 aromatic rings. The molecule has 12 heteroatoms. The second-order valence-electron chi connectivity index (χ2n) is 7.34. The highest BCUT2D eigenvalue weighted by Crippen LogP contribution is 2.19. The van der Waals surface area contributed by atoms with Gasteiger partial charge in [0.2, 0.25) is 17.7 Å². The largest absolute Gasteiger partial charge is 0.481 e. The minimum absolute atomic E-state index is 0.131. The summed E-state index contributed by atoms with van der Waals surface area (Å²) >= 11 is 4.05. The zero-order valence-corrected chi connectivity index (χ0v) is 17.9. The lowest BCUT2D eigenvalue weighted by Crippen LogP contribution is -2.58. The first-order valence-corrected chi connectivity index (χ1v) is 10.4. The van der Waals surface area contributed by atoms with Crippen molar-refractivity contribution in [2.24, 2.45) is 11.7 Å². The van der Waals surface area contributed by atoms with E-state index in [1.165, 1.54) is 0 Å². The molecule has 0 aliphatic carbocycles. The summed E-state index contributed by atoms with van der Waals surface area (Å²) in [6.07, 6.45) is 0.724. The Morgan fingerprint density at radius 1 is 1.13 bits per heavy atom. The van der Waals surface area contributed by atoms with E-state index < -0.39 is 60.2 Å². The Morgan fingerprint density at radius 3 is 2.23 bits per heavy atom. The molecule has 0 aromatic heterocycles. The van der Waals surface area contributed by atoms with Gasteiger partial charge >= 0.3 is 11.9 Å². The van der Waals surface area contributed by atoms with E-state index in [2.05, 4.69) is 23.3 Å². The van der Waals surface area contributed by atoms with Crippen LogP contribution in [0.15, 0.2) is 0 Å². The Balaban J connectivity index is 2.89. The van der Waals surface area contributed by atoms with Gasteiger partial charge in [0.1, 0.15) is 18.1 Å². The lowest BCUT2D eigenvalue weighted by atomic mass is 9.99. The van der Waals surface area contributed by atoms with Crippen molar-refractivity contribution in [3.05, 3.63) is 0 Å². The Bertz CT molecular complexity index is 675. The van der Waals surface area contributed by atoms with Crippen LogP contribution in [0.5, 0.6) is 0 Å². The third-order valence-corrected chi connectivity index (χ3v) is 5.55. The number of carbonyl (C=O) groups is 5. The summed E-state index contributed by atoms with van der Waals surface area (Å²) in [5.41, 5.74) is 5.83. The van der Waals surface area contributed by atoms with E-state index in [4.69, 9.17) is 10.8 Å². The Morgan fingerprint density at radius 2 is 1.73 bits per heavy atom. The van der Waals surface area contributed by atoms with Crippen LogP contribution < -0.4 is 16.4 Å². The molecule has 1 aliphatic heterocycles. The SMILES string of the molecule is CCC(C)C(N)C(=O)NC(CC(=O)O)C(=O)NC(CS)C(=O)N1CCCC1C(=O)O. The molecular weight excluding hydrogens is 416 g/mol. The molecule has 1 rings (SSSR count). The third-order valence-electron chi connectivity index (χ3n) is 5.19. The second kappa shape index (κ2) is 11.7. The number of aliphatic carboxylic acids is 2. The lowest BCUT2D eigenvalue weighted by Gasteiger charge is -2.28. The maximum absolute atomic E-state index is 12.7. The average Bonchev–Trinajstić information content (AvgIpc) is 3.19. The Hall–Kier alpha value is -2.34. The maximum atomic E-state index is 12.7. The standard InChI is InChI=1S/C18H30N4O7S/c1-3-9(2)14(19)16(26)20-10(7-13(23)24)15(25)21-11(8-30)17(27)22-6-4-5-12(22)18(28)29/h9-12,14,30H,3-8,19H2,1-2H3,(H,20,26)(H,21,25)(H,23,24)(H,28,29). The normalized spacial score (nSPS) is 20.0. The number of amides is 3. The molecule has 5 unspecified atom stereocenters. The summed E-state index contributed by atoms with van der Waals surface area (Å²) in [7, 11) is 0. The van der Waals surface area contributed by atoms with E-state index in [-0.39, 0.29) is 18.2 Å². The van der Waals surface area contributed by atoms with Gasteiger partial charge in [0, 0.05) is 12.3 Å². The summed E-state index contributed by atoms with van der Waals surface area (Å²) in [6.45, 7) is 3.82. The highest BCUT2D eigenvalue weighted by atomic mass is 32.1. The van der Waals surface area contributed by atoms with Crippen molar-refractivity contribution in [2.75, 3.05) is 12.3 Å². The summed E-state index contributed by atoms with van der Waals surface area (Å²) in [5, 5.41) is 23.0. The molecule has 5 atom stereocenters. The number of nitrogens with two attached hydrogens (primary N) is 1. The molecule has 0 bridgehead atoms. The van der Waals surface area contributed by atoms with Crippen LogP contribution in [0.1, 0.15) is 39.5 Å². The lowest BCUT2D eigenvalue weighted by molar-refractivity contribution is -0.149. The molecular formula is C18H30N4O7S. The topological polar surface area (TPSA) is 179 Å². The van der Waals surface area contributed by atoms with Gasteiger partial charge in [0.15, 0.2) is 0 Å². The first kappa shape index (κ1) is 25.7. The van der Waals surface area contributed by atoms with Crippen LogP contribution in [0.4, 0.5) is 0 Å². The number of carboxylic acids is 2. The van der Waals surface area contributed by atoms with Crippen molar-refractivity contribution in [3.63, 3.8) is 0 Å². The van der Waals surface area contributed by atoms with Crippen LogP contribution in [0.25, 0.3) is 0 Å². The van der Waals surface area contributed by atoms with Crippen molar-refractivity contribution >= 4 is 42.3 Å². The Kier molecular flexibility index (Phi) is 10.1. The fourth-order valence-electron chi connectivity index (χ4n) is 3.11. The number of hydrogen-bond donors (Lipinski definition) is 6. The van der Waals surface area contributed by atoms with Gasteiger partial charge in [-0.25, -0.2) is 4.79 Å². The van der Waals surface area contributed by atoms with E-state index in [0.29, 0.717) is 19.3 Å². The van der Waals surface area contributed by atoms with Crippen LogP contribution in [0.2, 0.25) is 0 Å². The summed E-state index contributed by atoms with van der Waals surface area (Å²) in [5.74, 6) is -4.97. The number of carboxylic acid groups (broad SMARTS) is 2. The van der Waals surface area contributed by atoms with Gasteiger partial charge in [-0.1, -0.05) is 20.3 Å². The van der Waals surface area contributed by atoms with Gasteiger partial charge in [-0.3, -0.25) is 19.2 Å². The van der Waals surface area contributed by atoms with Crippen molar-refractivity contribution in [3.8, 4) is 0 Å². The number of carbonyl (C=O) groups excluding carboxylic acids is 3. The second-order valence-corrected chi connectivity index (χ2v) is 7.71. The van der Waals surface area contributed by atoms with Crippen LogP contribution in [-0.2, 0) is 24.0 Å². The fraction of sp³-hybridized carbons (Fsp3) is 0.722. The molecule has 1 saturated heterocycles. The quantitative estimate of drug-likeness (QED) is 0.214. The Labute approximate surface area is 180 Å². The predicted molar refractivity (Wildman–Crippen MR) is 110 cm³/mol. The van der Waals surface area contributed by atoms with E-state index in [1.807, 2.05) is 6.92 Å². The van der Waals surface area contributed by atoms with Crippen LogP contribution in [-0.4, -0.2) is 81.2 Å². The number of rotatable bonds is 11. The summed E-state index contributed by atoms with van der Waals surface area (Å²) in [4.78, 5) is 61.3. The fourth-order valence-corrected chi connectivity index (χ4v) is 3.36. The zero-order valence-electron chi connectivity index (χ0n) is 17.0. The van der Waals surface area contributed by atoms with Gasteiger partial charge in [-0.2, -0.15) is 12.6 Å². The van der Waals surface area contributed by atoms with Crippen molar-refractivity contribution in [1.29, 1.82) is 0 Å². The minimum Gasteiger partial charge on any atom is -0.481 e. The molecule has 1 aliphatic rings. The molecule has 170 valence electrons. The predicted octanol–water partition coefficient (Wildman–Crippen LogP) is -1.19. The summed E-state index contributed by atoms with van der Waals surface area (Å²) < 4.78 is 0. The molecule has 1 heterocycles. The molecule has 1 fully saturated rings. The van der Waals surface area contributed by atoms with E-state index in [9.17, 15) is 29.1 Å². The van der Waals surface area contributed by atoms with E-state index in [1.54, 1.807) is 6.92 Å². The van der Waals surface area contributed by atoms with Crippen LogP contribution in [0.3, 0.4) is 0 Å². The van der Waals surface area contributed by atoms with Gasteiger partial charge in [-0.15, -0.1) is 0 Å². The molecule has 0 spiro atoms. The van der Waals surface area contributed by atoms with Gasteiger partial charge < -0.3 is 31.5 Å². The van der Waals surface area contributed by atoms with Gasteiger partial charge in [0.05, 0.1) is 12.5 Å². The maximum Gasteiger partial charge on any atom is 0.326 e. The van der Waals surface area contributed by atoms with Gasteiger partial charge in [0.25, 0.3) is 0 Å². The van der Waals surface area contributed by atoms with Crippen LogP contribution >= 0.6 is 12.6 Å². The summed E-state index contributed by atoms with van der Waals surface area (Å²) in [6, 6.07) is -4.53. The third kappa shape index (κ3) is 6.87. The van der Waals surface area contributed by atoms with Crippen molar-refractivity contribution in [1.82, 2.24) is 15.5 Å². The molecule has 0 aromatic carbocycles. The smallest absolute Gasteiger partial charge is 0.326 e. The highest BCUT2D eigenvalue weighted by molar-refractivity contribution is 7.80.